The Kier molecular flexibility index (Phi) is 1.68. The second-order valence-electron chi connectivity index (χ2n) is 3.58. The van der Waals surface area contributed by atoms with E-state index in [1.807, 2.05) is 0 Å². The number of alkyl halides is 1. The van der Waals surface area contributed by atoms with Crippen LogP contribution in [0, 0.1) is 0 Å². The Morgan fingerprint density at radius 2 is 2.42 bits per heavy atom. The highest BCUT2D eigenvalue weighted by atomic mass is 19.1. The van der Waals surface area contributed by atoms with Crippen LogP contribution in [0.3, 0.4) is 0 Å². The zero-order chi connectivity index (χ0) is 8.60. The summed E-state index contributed by atoms with van der Waals surface area (Å²) in [7, 11) is 0. The molecule has 0 aliphatic heterocycles. The van der Waals surface area contributed by atoms with Crippen LogP contribution in [0.25, 0.3) is 0 Å². The third-order valence-corrected chi connectivity index (χ3v) is 2.33. The van der Waals surface area contributed by atoms with E-state index >= 15 is 0 Å². The molecule has 1 aromatic heterocycles. The topological polar surface area (TPSA) is 39.2 Å². The normalized spacial score (nSPS) is 34.7. The van der Waals surface area contributed by atoms with Gasteiger partial charge in [-0.15, -0.1) is 0 Å². The number of rotatable bonds is 2. The van der Waals surface area contributed by atoms with Crippen molar-refractivity contribution in [1.82, 2.24) is 0 Å². The lowest BCUT2D eigenvalue weighted by molar-refractivity contribution is 0.0394. The van der Waals surface area contributed by atoms with E-state index in [9.17, 15) is 4.39 Å². The van der Waals surface area contributed by atoms with E-state index in [2.05, 4.69) is 0 Å². The summed E-state index contributed by atoms with van der Waals surface area (Å²) < 4.78 is 18.6. The van der Waals surface area contributed by atoms with Crippen molar-refractivity contribution >= 4 is 0 Å². The minimum absolute atomic E-state index is 0.0463. The van der Waals surface area contributed by atoms with E-state index in [-0.39, 0.29) is 6.04 Å². The standard InChI is InChI=1S/C9H12FNO/c10-9(4-7(11)5-9)6-8-2-1-3-12-8/h1-3,7H,4-6,11H2. The van der Waals surface area contributed by atoms with E-state index in [1.165, 1.54) is 0 Å². The molecule has 12 heavy (non-hydrogen) atoms. The zero-order valence-corrected chi connectivity index (χ0v) is 6.79. The fraction of sp³-hybridized carbons (Fsp3) is 0.556. The van der Waals surface area contributed by atoms with Gasteiger partial charge in [0.2, 0.25) is 0 Å². The molecule has 1 aliphatic rings. The average Bonchev–Trinajstić information content (AvgIpc) is 2.36. The van der Waals surface area contributed by atoms with Crippen molar-refractivity contribution in [3.63, 3.8) is 0 Å². The molecule has 0 bridgehead atoms. The maximum absolute atomic E-state index is 13.6. The number of halogens is 1. The smallest absolute Gasteiger partial charge is 0.121 e. The van der Waals surface area contributed by atoms with Crippen LogP contribution in [0.2, 0.25) is 0 Å². The van der Waals surface area contributed by atoms with Gasteiger partial charge in [0.1, 0.15) is 11.4 Å². The second-order valence-corrected chi connectivity index (χ2v) is 3.58. The Morgan fingerprint density at radius 1 is 1.67 bits per heavy atom. The highest BCUT2D eigenvalue weighted by Crippen LogP contribution is 2.37. The van der Waals surface area contributed by atoms with Gasteiger partial charge >= 0.3 is 0 Å². The molecule has 1 heterocycles. The van der Waals surface area contributed by atoms with Gasteiger partial charge in [0.15, 0.2) is 0 Å². The first-order valence-electron chi connectivity index (χ1n) is 4.15. The fourth-order valence-electron chi connectivity index (χ4n) is 1.75. The number of hydrogen-bond donors (Lipinski definition) is 1. The average molecular weight is 169 g/mol. The Morgan fingerprint density at radius 3 is 2.92 bits per heavy atom. The molecule has 1 saturated carbocycles. The largest absolute Gasteiger partial charge is 0.469 e. The number of hydrogen-bond acceptors (Lipinski definition) is 2. The first kappa shape index (κ1) is 7.80. The highest BCUT2D eigenvalue weighted by molar-refractivity contribution is 5.08. The molecular formula is C9H12FNO. The molecule has 0 aromatic carbocycles. The van der Waals surface area contributed by atoms with Gasteiger partial charge in [0.25, 0.3) is 0 Å². The summed E-state index contributed by atoms with van der Waals surface area (Å²) in [4.78, 5) is 0. The van der Waals surface area contributed by atoms with E-state index in [1.54, 1.807) is 18.4 Å². The molecule has 1 fully saturated rings. The van der Waals surface area contributed by atoms with Gasteiger partial charge in [0, 0.05) is 12.5 Å². The Bertz CT molecular complexity index is 252. The SMILES string of the molecule is NC1CC(F)(Cc2ccco2)C1. The number of nitrogens with two attached hydrogens (primary N) is 1. The van der Waals surface area contributed by atoms with Crippen molar-refractivity contribution in [2.45, 2.75) is 31.0 Å². The molecule has 0 spiro atoms. The molecule has 2 rings (SSSR count). The van der Waals surface area contributed by atoms with Crippen LogP contribution < -0.4 is 5.73 Å². The summed E-state index contributed by atoms with van der Waals surface area (Å²) in [6, 6.07) is 3.62. The zero-order valence-electron chi connectivity index (χ0n) is 6.79. The van der Waals surface area contributed by atoms with Crippen LogP contribution in [0.1, 0.15) is 18.6 Å². The van der Waals surface area contributed by atoms with Gasteiger partial charge in [-0.3, -0.25) is 0 Å². The molecule has 1 aromatic rings. The third kappa shape index (κ3) is 1.37. The lowest BCUT2D eigenvalue weighted by Crippen LogP contribution is -2.49. The van der Waals surface area contributed by atoms with Gasteiger partial charge < -0.3 is 10.2 Å². The Hall–Kier alpha value is -0.830. The highest BCUT2D eigenvalue weighted by Gasteiger charge is 2.43. The van der Waals surface area contributed by atoms with Crippen LogP contribution in [-0.2, 0) is 6.42 Å². The van der Waals surface area contributed by atoms with Crippen molar-refractivity contribution < 1.29 is 8.81 Å². The summed E-state index contributed by atoms with van der Waals surface area (Å²) in [5.74, 6) is 0.712. The molecule has 1 aliphatic carbocycles. The van der Waals surface area contributed by atoms with Crippen LogP contribution in [0.5, 0.6) is 0 Å². The minimum atomic E-state index is -1.10. The molecular weight excluding hydrogens is 157 g/mol. The van der Waals surface area contributed by atoms with E-state index < -0.39 is 5.67 Å². The number of furan rings is 1. The van der Waals surface area contributed by atoms with Gasteiger partial charge in [-0.25, -0.2) is 4.39 Å². The third-order valence-electron chi connectivity index (χ3n) is 2.33. The summed E-state index contributed by atoms with van der Waals surface area (Å²) in [5, 5.41) is 0. The maximum atomic E-state index is 13.6. The van der Waals surface area contributed by atoms with Gasteiger partial charge in [-0.1, -0.05) is 0 Å². The first-order valence-corrected chi connectivity index (χ1v) is 4.15. The Labute approximate surface area is 70.6 Å². The second kappa shape index (κ2) is 2.59. The molecule has 0 atom stereocenters. The summed E-state index contributed by atoms with van der Waals surface area (Å²) >= 11 is 0. The van der Waals surface area contributed by atoms with Crippen LogP contribution >= 0.6 is 0 Å². The van der Waals surface area contributed by atoms with Gasteiger partial charge in [-0.05, 0) is 25.0 Å². The molecule has 2 nitrogen and oxygen atoms in total. The minimum Gasteiger partial charge on any atom is -0.469 e. The maximum Gasteiger partial charge on any atom is 0.121 e. The van der Waals surface area contributed by atoms with Crippen LogP contribution in [-0.4, -0.2) is 11.7 Å². The van der Waals surface area contributed by atoms with Gasteiger partial charge in [-0.2, -0.15) is 0 Å². The lowest BCUT2D eigenvalue weighted by Gasteiger charge is -2.38. The molecule has 66 valence electrons. The summed E-state index contributed by atoms with van der Waals surface area (Å²) in [5.41, 5.74) is 4.41. The predicted octanol–water partition coefficient (Wildman–Crippen LogP) is 1.65. The van der Waals surface area contributed by atoms with Gasteiger partial charge in [0.05, 0.1) is 6.26 Å². The fourth-order valence-corrected chi connectivity index (χ4v) is 1.75. The molecule has 0 saturated heterocycles. The van der Waals surface area contributed by atoms with Crippen molar-refractivity contribution in [2.75, 3.05) is 0 Å². The monoisotopic (exact) mass is 169 g/mol. The molecule has 0 amide bonds. The van der Waals surface area contributed by atoms with Crippen molar-refractivity contribution in [2.24, 2.45) is 5.73 Å². The summed E-state index contributed by atoms with van der Waals surface area (Å²) in [6.45, 7) is 0. The van der Waals surface area contributed by atoms with Crippen LogP contribution in [0.15, 0.2) is 22.8 Å². The lowest BCUT2D eigenvalue weighted by atomic mass is 9.75. The van der Waals surface area contributed by atoms with E-state index in [0.717, 1.165) is 0 Å². The van der Waals surface area contributed by atoms with Crippen molar-refractivity contribution in [3.8, 4) is 0 Å². The molecule has 3 heteroatoms. The van der Waals surface area contributed by atoms with Crippen molar-refractivity contribution in [1.29, 1.82) is 0 Å². The van der Waals surface area contributed by atoms with Crippen LogP contribution in [0.4, 0.5) is 4.39 Å². The van der Waals surface area contributed by atoms with Crippen molar-refractivity contribution in [3.05, 3.63) is 24.2 Å². The predicted molar refractivity (Wildman–Crippen MR) is 43.5 cm³/mol. The molecule has 0 unspecified atom stereocenters. The molecule has 0 radical (unpaired) electrons. The summed E-state index contributed by atoms with van der Waals surface area (Å²) in [6.07, 6.45) is 2.87. The Balaban J connectivity index is 1.96. The molecule has 2 N–H and O–H groups in total. The first-order chi connectivity index (χ1) is 5.68. The van der Waals surface area contributed by atoms with E-state index in [4.69, 9.17) is 10.2 Å². The van der Waals surface area contributed by atoms with E-state index in [0.29, 0.717) is 25.0 Å². The quantitative estimate of drug-likeness (QED) is 0.731.